The molecule has 1 aliphatic rings. The molecule has 0 bridgehead atoms. The molecule has 6 heteroatoms. The van der Waals surface area contributed by atoms with Crippen LogP contribution in [0.1, 0.15) is 17.5 Å². The van der Waals surface area contributed by atoms with Crippen LogP contribution in [0.15, 0.2) is 29.8 Å². The monoisotopic (exact) mass is 331 g/mol. The molecule has 23 heavy (non-hydrogen) atoms. The van der Waals surface area contributed by atoms with Gasteiger partial charge in [-0.25, -0.2) is 4.98 Å². The maximum absolute atomic E-state index is 11.8. The molecule has 1 N–H and O–H groups in total. The van der Waals surface area contributed by atoms with E-state index in [4.69, 9.17) is 4.74 Å². The highest BCUT2D eigenvalue weighted by molar-refractivity contribution is 7.13. The smallest absolute Gasteiger partial charge is 0.227 e. The highest BCUT2D eigenvalue weighted by Crippen LogP contribution is 2.26. The van der Waals surface area contributed by atoms with Crippen molar-refractivity contribution in [2.45, 2.75) is 26.4 Å². The maximum Gasteiger partial charge on any atom is 0.227 e. The van der Waals surface area contributed by atoms with Crippen molar-refractivity contribution in [2.24, 2.45) is 0 Å². The second-order valence-corrected chi connectivity index (χ2v) is 6.75. The molecule has 1 aliphatic heterocycles. The van der Waals surface area contributed by atoms with Crippen molar-refractivity contribution in [3.63, 3.8) is 0 Å². The topological polar surface area (TPSA) is 54.5 Å². The summed E-state index contributed by atoms with van der Waals surface area (Å²) < 4.78 is 6.08. The zero-order chi connectivity index (χ0) is 16.2. The fourth-order valence-corrected chi connectivity index (χ4v) is 3.20. The van der Waals surface area contributed by atoms with Crippen LogP contribution in [0, 0.1) is 13.8 Å². The first-order chi connectivity index (χ1) is 11.1. The Labute approximate surface area is 140 Å². The number of aryl methyl sites for hydroxylation is 2. The fourth-order valence-electron chi connectivity index (χ4n) is 2.66. The number of benzene rings is 1. The summed E-state index contributed by atoms with van der Waals surface area (Å²) in [6.45, 7) is 6.64. The van der Waals surface area contributed by atoms with E-state index in [2.05, 4.69) is 41.2 Å². The minimum Gasteiger partial charge on any atom is -0.487 e. The highest BCUT2D eigenvalue weighted by atomic mass is 32.1. The number of likely N-dealkylation sites (tertiary alicyclic amines) is 1. The molecular formula is C17H21N3O2S. The van der Waals surface area contributed by atoms with Gasteiger partial charge in [0.05, 0.1) is 0 Å². The summed E-state index contributed by atoms with van der Waals surface area (Å²) in [5.41, 5.74) is 2.34. The van der Waals surface area contributed by atoms with Gasteiger partial charge in [0.2, 0.25) is 5.91 Å². The van der Waals surface area contributed by atoms with Crippen molar-refractivity contribution in [1.29, 1.82) is 0 Å². The lowest BCUT2D eigenvalue weighted by molar-refractivity contribution is -0.117. The van der Waals surface area contributed by atoms with Crippen molar-refractivity contribution in [3.8, 4) is 5.75 Å². The third-order valence-corrected chi connectivity index (χ3v) is 4.64. The Kier molecular flexibility index (Phi) is 4.93. The second kappa shape index (κ2) is 7.10. The van der Waals surface area contributed by atoms with E-state index >= 15 is 0 Å². The van der Waals surface area contributed by atoms with Gasteiger partial charge in [-0.15, -0.1) is 11.3 Å². The van der Waals surface area contributed by atoms with Gasteiger partial charge in [-0.2, -0.15) is 0 Å². The number of thiazole rings is 1. The van der Waals surface area contributed by atoms with E-state index in [1.165, 1.54) is 22.5 Å². The van der Waals surface area contributed by atoms with Crippen molar-refractivity contribution >= 4 is 22.4 Å². The Balaban J connectivity index is 1.39. The third kappa shape index (κ3) is 4.09. The van der Waals surface area contributed by atoms with Gasteiger partial charge in [0.15, 0.2) is 5.13 Å². The molecule has 1 aromatic carbocycles. The summed E-state index contributed by atoms with van der Waals surface area (Å²) in [6, 6.07) is 6.19. The van der Waals surface area contributed by atoms with Gasteiger partial charge < -0.3 is 10.1 Å². The zero-order valence-corrected chi connectivity index (χ0v) is 14.2. The Hall–Kier alpha value is -1.92. The van der Waals surface area contributed by atoms with Crippen LogP contribution in [0.25, 0.3) is 0 Å². The Morgan fingerprint density at radius 3 is 2.78 bits per heavy atom. The number of anilines is 1. The Morgan fingerprint density at radius 2 is 2.13 bits per heavy atom. The first-order valence-electron chi connectivity index (χ1n) is 7.76. The van der Waals surface area contributed by atoms with E-state index in [1.54, 1.807) is 6.20 Å². The quantitative estimate of drug-likeness (QED) is 0.884. The van der Waals surface area contributed by atoms with Gasteiger partial charge in [-0.3, -0.25) is 9.69 Å². The number of hydrogen-bond donors (Lipinski definition) is 1. The van der Waals surface area contributed by atoms with Crippen LogP contribution in [0.4, 0.5) is 5.13 Å². The molecule has 0 radical (unpaired) electrons. The van der Waals surface area contributed by atoms with Crippen LogP contribution < -0.4 is 10.1 Å². The molecule has 1 amide bonds. The number of ether oxygens (including phenoxy) is 1. The largest absolute Gasteiger partial charge is 0.487 e. The number of carbonyl (C=O) groups excluding carboxylic acids is 1. The van der Waals surface area contributed by atoms with E-state index in [0.717, 1.165) is 25.4 Å². The van der Waals surface area contributed by atoms with Crippen molar-refractivity contribution in [2.75, 3.05) is 25.0 Å². The molecule has 0 atom stereocenters. The number of nitrogens with one attached hydrogen (secondary N) is 1. The van der Waals surface area contributed by atoms with Gasteiger partial charge in [0.25, 0.3) is 0 Å². The number of aromatic nitrogens is 1. The second-order valence-electron chi connectivity index (χ2n) is 5.86. The molecule has 3 rings (SSSR count). The molecule has 1 aromatic heterocycles. The average molecular weight is 331 g/mol. The normalized spacial score (nSPS) is 15.2. The summed E-state index contributed by atoms with van der Waals surface area (Å²) in [4.78, 5) is 18.1. The number of para-hydroxylation sites is 1. The molecule has 0 spiro atoms. The van der Waals surface area contributed by atoms with Gasteiger partial charge in [0, 0.05) is 37.6 Å². The van der Waals surface area contributed by atoms with Crippen LogP contribution in [0.3, 0.4) is 0 Å². The van der Waals surface area contributed by atoms with E-state index in [9.17, 15) is 4.79 Å². The summed E-state index contributed by atoms with van der Waals surface area (Å²) in [6.07, 6.45) is 2.39. The lowest BCUT2D eigenvalue weighted by Crippen LogP contribution is -2.54. The first kappa shape index (κ1) is 16.0. The van der Waals surface area contributed by atoms with Crippen LogP contribution in [-0.2, 0) is 4.79 Å². The van der Waals surface area contributed by atoms with E-state index in [-0.39, 0.29) is 12.0 Å². The van der Waals surface area contributed by atoms with Gasteiger partial charge >= 0.3 is 0 Å². The Bertz CT molecular complexity index is 646. The van der Waals surface area contributed by atoms with E-state index < -0.39 is 0 Å². The van der Waals surface area contributed by atoms with Crippen LogP contribution in [-0.4, -0.2) is 41.5 Å². The van der Waals surface area contributed by atoms with Gasteiger partial charge in [-0.05, 0) is 25.0 Å². The number of hydrogen-bond acceptors (Lipinski definition) is 5. The number of carbonyl (C=O) groups is 1. The van der Waals surface area contributed by atoms with Crippen LogP contribution >= 0.6 is 11.3 Å². The van der Waals surface area contributed by atoms with E-state index in [1.807, 2.05) is 11.4 Å². The standard InChI is InChI=1S/C17H21N3O2S/c1-12-4-3-5-13(2)16(12)22-14-10-20(11-14)8-6-15(21)19-17-18-7-9-23-17/h3-5,7,9,14H,6,8,10-11H2,1-2H3,(H,18,19,21). The van der Waals surface area contributed by atoms with Crippen molar-refractivity contribution in [1.82, 2.24) is 9.88 Å². The molecular weight excluding hydrogens is 310 g/mol. The molecule has 5 nitrogen and oxygen atoms in total. The maximum atomic E-state index is 11.8. The number of amides is 1. The predicted molar refractivity (Wildman–Crippen MR) is 92.1 cm³/mol. The molecule has 1 fully saturated rings. The number of nitrogens with zero attached hydrogens (tertiary/aromatic N) is 2. The summed E-state index contributed by atoms with van der Waals surface area (Å²) in [7, 11) is 0. The SMILES string of the molecule is Cc1cccc(C)c1OC1CN(CCC(=O)Nc2nccs2)C1. The lowest BCUT2D eigenvalue weighted by Gasteiger charge is -2.39. The minimum atomic E-state index is 0.0130. The molecule has 2 heterocycles. The summed E-state index contributed by atoms with van der Waals surface area (Å²) in [5.74, 6) is 1.01. The van der Waals surface area contributed by atoms with Gasteiger partial charge in [-0.1, -0.05) is 18.2 Å². The molecule has 122 valence electrons. The van der Waals surface area contributed by atoms with E-state index in [0.29, 0.717) is 11.6 Å². The van der Waals surface area contributed by atoms with Crippen LogP contribution in [0.2, 0.25) is 0 Å². The predicted octanol–water partition coefficient (Wildman–Crippen LogP) is 2.85. The molecule has 0 unspecified atom stereocenters. The highest BCUT2D eigenvalue weighted by Gasteiger charge is 2.29. The first-order valence-corrected chi connectivity index (χ1v) is 8.64. The number of rotatable bonds is 6. The molecule has 0 aliphatic carbocycles. The fraction of sp³-hybridized carbons (Fsp3) is 0.412. The lowest BCUT2D eigenvalue weighted by atomic mass is 10.1. The summed E-state index contributed by atoms with van der Waals surface area (Å²) >= 11 is 1.43. The minimum absolute atomic E-state index is 0.0130. The average Bonchev–Trinajstić information content (AvgIpc) is 2.96. The Morgan fingerprint density at radius 1 is 1.39 bits per heavy atom. The zero-order valence-electron chi connectivity index (χ0n) is 13.4. The van der Waals surface area contributed by atoms with Crippen molar-refractivity contribution in [3.05, 3.63) is 40.9 Å². The third-order valence-electron chi connectivity index (χ3n) is 3.95. The van der Waals surface area contributed by atoms with Crippen molar-refractivity contribution < 1.29 is 9.53 Å². The summed E-state index contributed by atoms with van der Waals surface area (Å²) in [5, 5.41) is 5.31. The van der Waals surface area contributed by atoms with Crippen LogP contribution in [0.5, 0.6) is 5.75 Å². The molecule has 1 saturated heterocycles. The van der Waals surface area contributed by atoms with Gasteiger partial charge in [0.1, 0.15) is 11.9 Å². The molecule has 2 aromatic rings. The molecule has 0 saturated carbocycles.